The Bertz CT molecular complexity index is 905. The van der Waals surface area contributed by atoms with Crippen molar-refractivity contribution in [2.45, 2.75) is 31.3 Å². The smallest absolute Gasteiger partial charge is 0.244 e. The molecular weight excluding hydrogens is 367 g/mol. The highest BCUT2D eigenvalue weighted by Gasteiger charge is 2.22. The van der Waals surface area contributed by atoms with Gasteiger partial charge in [0.05, 0.1) is 4.90 Å². The molecule has 0 atom stereocenters. The normalized spacial score (nSPS) is 12.1. The van der Waals surface area contributed by atoms with Gasteiger partial charge in [-0.1, -0.05) is 24.3 Å². The van der Waals surface area contributed by atoms with Crippen molar-refractivity contribution in [3.63, 3.8) is 0 Å². The molecule has 0 saturated carbocycles. The molecule has 5 nitrogen and oxygen atoms in total. The van der Waals surface area contributed by atoms with Gasteiger partial charge in [0.1, 0.15) is 5.82 Å². The summed E-state index contributed by atoms with van der Waals surface area (Å²) in [5, 5.41) is 2.72. The van der Waals surface area contributed by atoms with Gasteiger partial charge in [0.15, 0.2) is 0 Å². The van der Waals surface area contributed by atoms with Crippen LogP contribution in [0.1, 0.15) is 25.0 Å². The van der Waals surface area contributed by atoms with E-state index in [2.05, 4.69) is 5.32 Å². The Labute approximate surface area is 159 Å². The van der Waals surface area contributed by atoms with Crippen LogP contribution in [-0.2, 0) is 21.4 Å². The molecule has 0 bridgehead atoms. The minimum atomic E-state index is -3.52. The van der Waals surface area contributed by atoms with Crippen LogP contribution in [0.2, 0.25) is 0 Å². The van der Waals surface area contributed by atoms with Crippen molar-refractivity contribution in [1.29, 1.82) is 0 Å². The Kier molecular flexibility index (Phi) is 6.87. The van der Waals surface area contributed by atoms with E-state index < -0.39 is 10.0 Å². The van der Waals surface area contributed by atoms with E-state index >= 15 is 0 Å². The first-order valence-electron chi connectivity index (χ1n) is 8.48. The third-order valence-corrected chi connectivity index (χ3v) is 6.14. The molecular formula is C20H23FN2O3S. The Morgan fingerprint density at radius 2 is 1.70 bits per heavy atom. The third-order valence-electron chi connectivity index (χ3n) is 4.09. The first kappa shape index (κ1) is 20.8. The fraction of sp³-hybridized carbons (Fsp3) is 0.250. The van der Waals surface area contributed by atoms with Gasteiger partial charge in [-0.3, -0.25) is 4.79 Å². The molecule has 0 spiro atoms. The number of amides is 1. The number of benzene rings is 2. The quantitative estimate of drug-likeness (QED) is 0.739. The minimum Gasteiger partial charge on any atom is -0.348 e. The molecule has 0 aliphatic carbocycles. The van der Waals surface area contributed by atoms with Crippen LogP contribution in [0.15, 0.2) is 59.5 Å². The summed E-state index contributed by atoms with van der Waals surface area (Å²) in [6, 6.07) is 12.1. The van der Waals surface area contributed by atoms with E-state index in [9.17, 15) is 17.6 Å². The monoisotopic (exact) mass is 390 g/mol. The largest absolute Gasteiger partial charge is 0.348 e. The SMILES string of the molecule is CC(C)N(C)S(=O)(=O)c1ccc(CNC(=O)/C=C/c2ccc(F)cc2)cc1. The van der Waals surface area contributed by atoms with Crippen molar-refractivity contribution < 1.29 is 17.6 Å². The zero-order chi connectivity index (χ0) is 20.0. The number of sulfonamides is 1. The molecule has 0 aromatic heterocycles. The molecule has 0 fully saturated rings. The van der Waals surface area contributed by atoms with Crippen molar-refractivity contribution >= 4 is 22.0 Å². The Morgan fingerprint density at radius 3 is 2.26 bits per heavy atom. The lowest BCUT2D eigenvalue weighted by molar-refractivity contribution is -0.116. The molecule has 1 N–H and O–H groups in total. The summed E-state index contributed by atoms with van der Waals surface area (Å²) in [4.78, 5) is 12.1. The van der Waals surface area contributed by atoms with Crippen molar-refractivity contribution in [1.82, 2.24) is 9.62 Å². The van der Waals surface area contributed by atoms with Crippen molar-refractivity contribution in [3.05, 3.63) is 71.6 Å². The maximum Gasteiger partial charge on any atom is 0.244 e. The number of nitrogens with one attached hydrogen (secondary N) is 1. The first-order valence-corrected chi connectivity index (χ1v) is 9.92. The van der Waals surface area contributed by atoms with Gasteiger partial charge in [-0.2, -0.15) is 4.31 Å². The number of carbonyl (C=O) groups is 1. The summed E-state index contributed by atoms with van der Waals surface area (Å²) in [5.41, 5.74) is 1.50. The lowest BCUT2D eigenvalue weighted by Gasteiger charge is -2.21. The van der Waals surface area contributed by atoms with Crippen LogP contribution in [0.5, 0.6) is 0 Å². The maximum atomic E-state index is 12.8. The Hall–Kier alpha value is -2.51. The Morgan fingerprint density at radius 1 is 1.11 bits per heavy atom. The van der Waals surface area contributed by atoms with Gasteiger partial charge >= 0.3 is 0 Å². The van der Waals surface area contributed by atoms with Gasteiger partial charge in [-0.15, -0.1) is 0 Å². The topological polar surface area (TPSA) is 66.5 Å². The van der Waals surface area contributed by atoms with Crippen molar-refractivity contribution in [2.24, 2.45) is 0 Å². The van der Waals surface area contributed by atoms with Gasteiger partial charge in [-0.25, -0.2) is 12.8 Å². The highest BCUT2D eigenvalue weighted by atomic mass is 32.2. The average molecular weight is 390 g/mol. The van der Waals surface area contributed by atoms with E-state index in [0.29, 0.717) is 0 Å². The number of nitrogens with zero attached hydrogens (tertiary/aromatic N) is 1. The number of carbonyl (C=O) groups excluding carboxylic acids is 1. The van der Waals surface area contributed by atoms with E-state index in [4.69, 9.17) is 0 Å². The first-order chi connectivity index (χ1) is 12.7. The van der Waals surface area contributed by atoms with Crippen molar-refractivity contribution in [3.8, 4) is 0 Å². The van der Waals surface area contributed by atoms with E-state index in [1.807, 2.05) is 0 Å². The fourth-order valence-electron chi connectivity index (χ4n) is 2.22. The van der Waals surface area contributed by atoms with Crippen LogP contribution in [0.3, 0.4) is 0 Å². The third kappa shape index (κ3) is 5.74. The van der Waals surface area contributed by atoms with Gasteiger partial charge in [0.2, 0.25) is 15.9 Å². The fourth-order valence-corrected chi connectivity index (χ4v) is 3.58. The molecule has 0 unspecified atom stereocenters. The molecule has 0 radical (unpaired) electrons. The summed E-state index contributed by atoms with van der Waals surface area (Å²) >= 11 is 0. The zero-order valence-electron chi connectivity index (χ0n) is 15.5. The summed E-state index contributed by atoms with van der Waals surface area (Å²) < 4.78 is 39.0. The lowest BCUT2D eigenvalue weighted by atomic mass is 10.2. The zero-order valence-corrected chi connectivity index (χ0v) is 16.3. The molecule has 1 amide bonds. The predicted molar refractivity (Wildman–Crippen MR) is 104 cm³/mol. The maximum absolute atomic E-state index is 12.8. The van der Waals surface area contributed by atoms with Gasteiger partial charge in [-0.05, 0) is 55.3 Å². The average Bonchev–Trinajstić information content (AvgIpc) is 2.65. The molecule has 2 aromatic rings. The number of halogens is 1. The van der Waals surface area contributed by atoms with Gasteiger partial charge < -0.3 is 5.32 Å². The van der Waals surface area contributed by atoms with Crippen LogP contribution in [-0.4, -0.2) is 31.7 Å². The lowest BCUT2D eigenvalue weighted by Crippen LogP contribution is -2.33. The number of rotatable bonds is 7. The van der Waals surface area contributed by atoms with E-state index in [1.54, 1.807) is 51.2 Å². The van der Waals surface area contributed by atoms with E-state index in [-0.39, 0.29) is 29.2 Å². The van der Waals surface area contributed by atoms with Crippen LogP contribution in [0.25, 0.3) is 6.08 Å². The second kappa shape index (κ2) is 8.92. The van der Waals surface area contributed by atoms with Crippen LogP contribution < -0.4 is 5.32 Å². The van der Waals surface area contributed by atoms with Crippen LogP contribution in [0, 0.1) is 5.82 Å². The Balaban J connectivity index is 1.95. The van der Waals surface area contributed by atoms with Gasteiger partial charge in [0.25, 0.3) is 0 Å². The minimum absolute atomic E-state index is 0.137. The molecule has 0 heterocycles. The molecule has 2 aromatic carbocycles. The summed E-state index contributed by atoms with van der Waals surface area (Å²) in [6.45, 7) is 3.88. The molecule has 0 saturated heterocycles. The predicted octanol–water partition coefficient (Wildman–Crippen LogP) is 3.18. The van der Waals surface area contributed by atoms with Crippen LogP contribution >= 0.6 is 0 Å². The molecule has 27 heavy (non-hydrogen) atoms. The summed E-state index contributed by atoms with van der Waals surface area (Å²) in [5.74, 6) is -0.628. The van der Waals surface area contributed by atoms with Crippen LogP contribution in [0.4, 0.5) is 4.39 Å². The summed E-state index contributed by atoms with van der Waals surface area (Å²) in [6.07, 6.45) is 2.95. The molecule has 0 aliphatic heterocycles. The van der Waals surface area contributed by atoms with Gasteiger partial charge in [0, 0.05) is 25.7 Å². The van der Waals surface area contributed by atoms with E-state index in [0.717, 1.165) is 11.1 Å². The highest BCUT2D eigenvalue weighted by molar-refractivity contribution is 7.89. The van der Waals surface area contributed by atoms with E-state index in [1.165, 1.54) is 34.6 Å². The number of hydrogen-bond donors (Lipinski definition) is 1. The molecule has 0 aliphatic rings. The molecule has 7 heteroatoms. The summed E-state index contributed by atoms with van der Waals surface area (Å²) in [7, 11) is -1.98. The highest BCUT2D eigenvalue weighted by Crippen LogP contribution is 2.17. The second-order valence-corrected chi connectivity index (χ2v) is 8.36. The molecule has 2 rings (SSSR count). The molecule has 144 valence electrons. The second-order valence-electron chi connectivity index (χ2n) is 6.36. The van der Waals surface area contributed by atoms with Crippen molar-refractivity contribution in [2.75, 3.05) is 7.05 Å². The number of hydrogen-bond acceptors (Lipinski definition) is 3. The standard InChI is InChI=1S/C20H23FN2O3S/c1-15(2)23(3)27(25,26)19-11-6-17(7-12-19)14-22-20(24)13-8-16-4-9-18(21)10-5-16/h4-13,15H,14H2,1-3H3,(H,22,24)/b13-8+.